The maximum Gasteiger partial charge on any atom is 0.122 e. The first kappa shape index (κ1) is 13.7. The summed E-state index contributed by atoms with van der Waals surface area (Å²) in [4.78, 5) is 2.34. The van der Waals surface area contributed by atoms with Gasteiger partial charge in [-0.1, -0.05) is 11.6 Å². The summed E-state index contributed by atoms with van der Waals surface area (Å²) in [5.41, 5.74) is 1.07. The summed E-state index contributed by atoms with van der Waals surface area (Å²) in [6.07, 6.45) is 1.09. The highest BCUT2D eigenvalue weighted by atomic mass is 35.5. The Hall–Kier alpha value is -0.770. The van der Waals surface area contributed by atoms with E-state index in [4.69, 9.17) is 21.4 Å². The highest BCUT2D eigenvalue weighted by Gasteiger charge is 2.21. The van der Waals surface area contributed by atoms with E-state index in [1.807, 2.05) is 25.1 Å². The first-order valence-corrected chi connectivity index (χ1v) is 6.79. The lowest BCUT2D eigenvalue weighted by Crippen LogP contribution is -2.26. The third-order valence-corrected chi connectivity index (χ3v) is 3.67. The van der Waals surface area contributed by atoms with Crippen LogP contribution >= 0.6 is 11.6 Å². The van der Waals surface area contributed by atoms with E-state index >= 15 is 0 Å². The number of likely N-dealkylation sites (tertiary alicyclic amines) is 1. The van der Waals surface area contributed by atoms with Crippen molar-refractivity contribution in [1.82, 2.24) is 4.90 Å². The van der Waals surface area contributed by atoms with Gasteiger partial charge in [-0.2, -0.15) is 0 Å². The van der Waals surface area contributed by atoms with Crippen LogP contribution in [-0.2, 0) is 0 Å². The van der Waals surface area contributed by atoms with E-state index in [9.17, 15) is 0 Å². The summed E-state index contributed by atoms with van der Waals surface area (Å²) in [5, 5.41) is 9.82. The van der Waals surface area contributed by atoms with Crippen molar-refractivity contribution in [3.63, 3.8) is 0 Å². The number of hydrogen-bond acceptors (Lipinski definition) is 3. The topological polar surface area (TPSA) is 32.7 Å². The highest BCUT2D eigenvalue weighted by Crippen LogP contribution is 2.22. The van der Waals surface area contributed by atoms with Crippen LogP contribution in [0.1, 0.15) is 12.0 Å². The van der Waals surface area contributed by atoms with Crippen LogP contribution in [0.15, 0.2) is 18.2 Å². The van der Waals surface area contributed by atoms with E-state index in [0.29, 0.717) is 19.1 Å². The van der Waals surface area contributed by atoms with E-state index in [1.165, 1.54) is 0 Å². The van der Waals surface area contributed by atoms with Gasteiger partial charge in [0.1, 0.15) is 12.4 Å². The average molecular weight is 270 g/mol. The number of benzene rings is 1. The Kier molecular flexibility index (Phi) is 4.87. The van der Waals surface area contributed by atoms with Gasteiger partial charge in [0.25, 0.3) is 0 Å². The van der Waals surface area contributed by atoms with Crippen molar-refractivity contribution in [2.75, 3.05) is 32.8 Å². The first-order chi connectivity index (χ1) is 8.69. The molecule has 0 saturated carbocycles. The molecule has 0 aromatic heterocycles. The zero-order valence-corrected chi connectivity index (χ0v) is 11.5. The predicted octanol–water partition coefficient (Wildman–Crippen LogP) is 2.34. The Morgan fingerprint density at radius 3 is 3.00 bits per heavy atom. The van der Waals surface area contributed by atoms with Crippen molar-refractivity contribution in [2.45, 2.75) is 13.3 Å². The minimum absolute atomic E-state index is 0.299. The smallest absolute Gasteiger partial charge is 0.122 e. The summed E-state index contributed by atoms with van der Waals surface area (Å²) in [6, 6.07) is 5.67. The second-order valence-electron chi connectivity index (χ2n) is 4.90. The predicted molar refractivity (Wildman–Crippen MR) is 73.3 cm³/mol. The maximum atomic E-state index is 9.08. The van der Waals surface area contributed by atoms with Gasteiger partial charge in [0, 0.05) is 24.7 Å². The van der Waals surface area contributed by atoms with Crippen LogP contribution in [0.2, 0.25) is 5.02 Å². The number of hydrogen-bond donors (Lipinski definition) is 1. The molecule has 18 heavy (non-hydrogen) atoms. The van der Waals surface area contributed by atoms with Gasteiger partial charge in [-0.3, -0.25) is 4.90 Å². The fraction of sp³-hybridized carbons (Fsp3) is 0.571. The number of aryl methyl sites for hydroxylation is 1. The second-order valence-corrected chi connectivity index (χ2v) is 5.33. The zero-order valence-electron chi connectivity index (χ0n) is 10.7. The molecule has 0 spiro atoms. The summed E-state index contributed by atoms with van der Waals surface area (Å²) < 4.78 is 5.76. The molecule has 1 fully saturated rings. The summed E-state index contributed by atoms with van der Waals surface area (Å²) in [5.74, 6) is 1.35. The lowest BCUT2D eigenvalue weighted by Gasteiger charge is -2.16. The monoisotopic (exact) mass is 269 g/mol. The molecule has 1 saturated heterocycles. The normalized spacial score (nSPS) is 20.3. The molecule has 1 aliphatic rings. The third-order valence-electron chi connectivity index (χ3n) is 3.43. The number of aliphatic hydroxyl groups excluding tert-OH is 1. The average Bonchev–Trinajstić information content (AvgIpc) is 2.80. The van der Waals surface area contributed by atoms with E-state index in [-0.39, 0.29) is 0 Å². The number of aliphatic hydroxyl groups is 1. The summed E-state index contributed by atoms with van der Waals surface area (Å²) in [6.45, 7) is 5.94. The Morgan fingerprint density at radius 1 is 1.50 bits per heavy atom. The largest absolute Gasteiger partial charge is 0.492 e. The number of ether oxygens (including phenoxy) is 1. The van der Waals surface area contributed by atoms with Crippen molar-refractivity contribution in [3.05, 3.63) is 28.8 Å². The molecular formula is C14H20ClNO2. The van der Waals surface area contributed by atoms with Crippen molar-refractivity contribution < 1.29 is 9.84 Å². The first-order valence-electron chi connectivity index (χ1n) is 6.41. The van der Waals surface area contributed by atoms with Gasteiger partial charge in [0.2, 0.25) is 0 Å². The Labute approximate surface area is 113 Å². The van der Waals surface area contributed by atoms with Gasteiger partial charge in [-0.15, -0.1) is 0 Å². The molecule has 1 heterocycles. The molecule has 4 heteroatoms. The highest BCUT2D eigenvalue weighted by molar-refractivity contribution is 6.30. The minimum atomic E-state index is 0.299. The van der Waals surface area contributed by atoms with E-state index in [0.717, 1.165) is 42.4 Å². The van der Waals surface area contributed by atoms with Crippen LogP contribution in [0.4, 0.5) is 0 Å². The molecule has 2 rings (SSSR count). The van der Waals surface area contributed by atoms with Crippen molar-refractivity contribution in [3.8, 4) is 5.75 Å². The molecule has 1 aromatic carbocycles. The SMILES string of the molecule is Cc1cc(Cl)ccc1OCCN1CCC(CO)C1. The van der Waals surface area contributed by atoms with Gasteiger partial charge in [0.15, 0.2) is 0 Å². The van der Waals surface area contributed by atoms with E-state index in [2.05, 4.69) is 4.90 Å². The Bertz CT molecular complexity index is 397. The molecule has 1 unspecified atom stereocenters. The molecule has 1 aromatic rings. The number of rotatable bonds is 5. The van der Waals surface area contributed by atoms with Gasteiger partial charge in [0.05, 0.1) is 0 Å². The standard InChI is InChI=1S/C14H20ClNO2/c1-11-8-13(15)2-3-14(11)18-7-6-16-5-4-12(9-16)10-17/h2-3,8,12,17H,4-7,9-10H2,1H3. The molecule has 1 aliphatic heterocycles. The molecular weight excluding hydrogens is 250 g/mol. The fourth-order valence-corrected chi connectivity index (χ4v) is 2.55. The van der Waals surface area contributed by atoms with Crippen LogP contribution < -0.4 is 4.74 Å². The maximum absolute atomic E-state index is 9.08. The van der Waals surface area contributed by atoms with Crippen LogP contribution in [0.5, 0.6) is 5.75 Å². The molecule has 0 aliphatic carbocycles. The molecule has 0 bridgehead atoms. The Morgan fingerprint density at radius 2 is 2.33 bits per heavy atom. The molecule has 3 nitrogen and oxygen atoms in total. The number of nitrogens with zero attached hydrogens (tertiary/aromatic N) is 1. The van der Waals surface area contributed by atoms with Crippen LogP contribution in [0.25, 0.3) is 0 Å². The van der Waals surface area contributed by atoms with E-state index < -0.39 is 0 Å². The van der Waals surface area contributed by atoms with Gasteiger partial charge < -0.3 is 9.84 Å². The summed E-state index contributed by atoms with van der Waals surface area (Å²) >= 11 is 5.90. The molecule has 0 amide bonds. The van der Waals surface area contributed by atoms with Crippen molar-refractivity contribution >= 4 is 11.6 Å². The van der Waals surface area contributed by atoms with Gasteiger partial charge in [-0.05, 0) is 49.6 Å². The fourth-order valence-electron chi connectivity index (χ4n) is 2.32. The lowest BCUT2D eigenvalue weighted by atomic mass is 10.1. The Balaban J connectivity index is 1.75. The molecule has 1 N–H and O–H groups in total. The third kappa shape index (κ3) is 3.61. The van der Waals surface area contributed by atoms with Crippen LogP contribution in [0.3, 0.4) is 0 Å². The lowest BCUT2D eigenvalue weighted by molar-refractivity contribution is 0.204. The molecule has 0 radical (unpaired) electrons. The van der Waals surface area contributed by atoms with Crippen molar-refractivity contribution in [2.24, 2.45) is 5.92 Å². The number of halogens is 1. The summed E-state index contributed by atoms with van der Waals surface area (Å²) in [7, 11) is 0. The van der Waals surface area contributed by atoms with Crippen molar-refractivity contribution in [1.29, 1.82) is 0 Å². The minimum Gasteiger partial charge on any atom is -0.492 e. The van der Waals surface area contributed by atoms with Gasteiger partial charge >= 0.3 is 0 Å². The molecule has 100 valence electrons. The van der Waals surface area contributed by atoms with Crippen LogP contribution in [-0.4, -0.2) is 42.9 Å². The zero-order chi connectivity index (χ0) is 13.0. The van der Waals surface area contributed by atoms with E-state index in [1.54, 1.807) is 0 Å². The van der Waals surface area contributed by atoms with Crippen LogP contribution in [0, 0.1) is 12.8 Å². The second kappa shape index (κ2) is 6.41. The quantitative estimate of drug-likeness (QED) is 0.891. The molecule has 1 atom stereocenters. The van der Waals surface area contributed by atoms with Gasteiger partial charge in [-0.25, -0.2) is 0 Å².